The van der Waals surface area contributed by atoms with Gasteiger partial charge in [0.2, 0.25) is 0 Å². The molecule has 0 aliphatic carbocycles. The Labute approximate surface area is 116 Å². The minimum Gasteiger partial charge on any atom is -0.323 e. The molecule has 1 aromatic carbocycles. The number of benzene rings is 1. The maximum absolute atomic E-state index is 12.5. The molecule has 0 aliphatic heterocycles. The average molecular weight is 319 g/mol. The summed E-state index contributed by atoms with van der Waals surface area (Å²) in [7, 11) is 0. The summed E-state index contributed by atoms with van der Waals surface area (Å²) in [6.07, 6.45) is -10.2. The van der Waals surface area contributed by atoms with Crippen LogP contribution in [0.15, 0.2) is 18.2 Å². The van der Waals surface area contributed by atoms with Crippen molar-refractivity contribution in [2.45, 2.75) is 24.8 Å². The van der Waals surface area contributed by atoms with Crippen LogP contribution in [0, 0.1) is 11.3 Å². The van der Waals surface area contributed by atoms with Gasteiger partial charge in [-0.2, -0.15) is 31.6 Å². The van der Waals surface area contributed by atoms with E-state index >= 15 is 0 Å². The Bertz CT molecular complexity index is 471. The van der Waals surface area contributed by atoms with Crippen molar-refractivity contribution in [1.82, 2.24) is 0 Å². The zero-order valence-corrected chi connectivity index (χ0v) is 10.5. The van der Waals surface area contributed by atoms with Gasteiger partial charge >= 0.3 is 12.4 Å². The highest BCUT2D eigenvalue weighted by atomic mass is 35.5. The molecule has 2 N–H and O–H groups in total. The molecule has 2 nitrogen and oxygen atoms in total. The minimum atomic E-state index is -4.91. The van der Waals surface area contributed by atoms with Crippen LogP contribution >= 0.6 is 12.4 Å². The molecule has 0 bridgehead atoms. The molecule has 0 saturated carbocycles. The van der Waals surface area contributed by atoms with Gasteiger partial charge < -0.3 is 5.73 Å². The first kappa shape index (κ1) is 18.5. The van der Waals surface area contributed by atoms with E-state index in [0.717, 1.165) is 0 Å². The summed E-state index contributed by atoms with van der Waals surface area (Å²) in [5.41, 5.74) is 2.12. The normalized spacial score (nSPS) is 13.3. The van der Waals surface area contributed by atoms with Crippen molar-refractivity contribution >= 4 is 12.4 Å². The van der Waals surface area contributed by atoms with Crippen molar-refractivity contribution in [3.8, 4) is 6.07 Å². The van der Waals surface area contributed by atoms with Gasteiger partial charge in [-0.25, -0.2) is 0 Å². The maximum Gasteiger partial charge on any atom is 0.416 e. The first-order valence-electron chi connectivity index (χ1n) is 4.97. The number of nitriles is 1. The van der Waals surface area contributed by atoms with Crippen LogP contribution in [0.25, 0.3) is 0 Å². The molecule has 0 fully saturated rings. The van der Waals surface area contributed by atoms with Crippen LogP contribution in [0.2, 0.25) is 0 Å². The van der Waals surface area contributed by atoms with E-state index in [2.05, 4.69) is 0 Å². The topological polar surface area (TPSA) is 49.8 Å². The third-order valence-electron chi connectivity index (χ3n) is 2.35. The lowest BCUT2D eigenvalue weighted by atomic mass is 9.98. The molecular formula is C11H9ClF6N2. The van der Waals surface area contributed by atoms with E-state index in [1.807, 2.05) is 0 Å². The molecule has 0 aliphatic rings. The third-order valence-corrected chi connectivity index (χ3v) is 2.35. The van der Waals surface area contributed by atoms with Crippen LogP contribution in [-0.4, -0.2) is 0 Å². The zero-order chi connectivity index (χ0) is 14.8. The Morgan fingerprint density at radius 3 is 1.70 bits per heavy atom. The summed E-state index contributed by atoms with van der Waals surface area (Å²) in [4.78, 5) is 0. The minimum absolute atomic E-state index is 0. The highest BCUT2D eigenvalue weighted by Gasteiger charge is 2.37. The Hall–Kier alpha value is -1.46. The predicted molar refractivity (Wildman–Crippen MR) is 60.9 cm³/mol. The molecule has 1 aromatic rings. The van der Waals surface area contributed by atoms with Crippen molar-refractivity contribution in [2.24, 2.45) is 5.73 Å². The average Bonchev–Trinajstić information content (AvgIpc) is 2.26. The first-order valence-corrected chi connectivity index (χ1v) is 4.97. The second kappa shape index (κ2) is 6.33. The molecule has 0 amide bonds. The van der Waals surface area contributed by atoms with Crippen LogP contribution in [0.1, 0.15) is 29.2 Å². The summed E-state index contributed by atoms with van der Waals surface area (Å²) in [5, 5.41) is 8.38. The van der Waals surface area contributed by atoms with E-state index in [1.54, 1.807) is 6.07 Å². The van der Waals surface area contributed by atoms with Gasteiger partial charge in [0.05, 0.1) is 23.6 Å². The van der Waals surface area contributed by atoms with Gasteiger partial charge in [-0.1, -0.05) is 0 Å². The number of nitrogens with zero attached hydrogens (tertiary/aromatic N) is 1. The Morgan fingerprint density at radius 2 is 1.40 bits per heavy atom. The fourth-order valence-corrected chi connectivity index (χ4v) is 1.41. The van der Waals surface area contributed by atoms with Crippen molar-refractivity contribution in [2.75, 3.05) is 0 Å². The fraction of sp³-hybridized carbons (Fsp3) is 0.364. The third kappa shape index (κ3) is 4.58. The van der Waals surface area contributed by atoms with Gasteiger partial charge in [0.1, 0.15) is 0 Å². The predicted octanol–water partition coefficient (Wildman–Crippen LogP) is 4.06. The second-order valence-electron chi connectivity index (χ2n) is 3.81. The number of nitrogens with two attached hydrogens (primary N) is 1. The molecule has 0 unspecified atom stereocenters. The zero-order valence-electron chi connectivity index (χ0n) is 9.72. The van der Waals surface area contributed by atoms with Crippen LogP contribution in [0.5, 0.6) is 0 Å². The van der Waals surface area contributed by atoms with E-state index in [-0.39, 0.29) is 30.5 Å². The van der Waals surface area contributed by atoms with E-state index in [4.69, 9.17) is 11.0 Å². The number of rotatable bonds is 2. The quantitative estimate of drug-likeness (QED) is 0.836. The molecular weight excluding hydrogens is 310 g/mol. The summed E-state index contributed by atoms with van der Waals surface area (Å²) >= 11 is 0. The highest BCUT2D eigenvalue weighted by Crippen LogP contribution is 2.37. The molecule has 112 valence electrons. The molecule has 0 heterocycles. The second-order valence-corrected chi connectivity index (χ2v) is 3.81. The van der Waals surface area contributed by atoms with Gasteiger partial charge in [-0.15, -0.1) is 12.4 Å². The van der Waals surface area contributed by atoms with Gasteiger partial charge in [-0.05, 0) is 23.8 Å². The smallest absolute Gasteiger partial charge is 0.323 e. The van der Waals surface area contributed by atoms with Crippen molar-refractivity contribution in [1.29, 1.82) is 5.26 Å². The SMILES string of the molecule is Cl.N#CC[C@H](N)c1cc(C(F)(F)F)cc(C(F)(F)F)c1. The maximum atomic E-state index is 12.5. The number of alkyl halides is 6. The number of hydrogen-bond donors (Lipinski definition) is 1. The van der Waals surface area contributed by atoms with Crippen LogP contribution in [0.4, 0.5) is 26.3 Å². The molecule has 1 rings (SSSR count). The number of halogens is 7. The lowest BCUT2D eigenvalue weighted by molar-refractivity contribution is -0.143. The molecule has 0 radical (unpaired) electrons. The first-order chi connectivity index (χ1) is 8.55. The molecule has 0 saturated heterocycles. The van der Waals surface area contributed by atoms with E-state index < -0.39 is 29.5 Å². The van der Waals surface area contributed by atoms with Gasteiger partial charge in [0.25, 0.3) is 0 Å². The number of hydrogen-bond acceptors (Lipinski definition) is 2. The lowest BCUT2D eigenvalue weighted by Gasteiger charge is -2.16. The highest BCUT2D eigenvalue weighted by molar-refractivity contribution is 5.85. The summed E-state index contributed by atoms with van der Waals surface area (Å²) in [6, 6.07) is 1.46. The fourth-order valence-electron chi connectivity index (χ4n) is 1.41. The Morgan fingerprint density at radius 1 is 1.00 bits per heavy atom. The summed E-state index contributed by atoms with van der Waals surface area (Å²) in [6.45, 7) is 0. The molecule has 1 atom stereocenters. The van der Waals surface area contributed by atoms with Crippen molar-refractivity contribution < 1.29 is 26.3 Å². The summed E-state index contributed by atoms with van der Waals surface area (Å²) in [5.74, 6) is 0. The Kier molecular flexibility index (Phi) is 5.86. The van der Waals surface area contributed by atoms with Crippen LogP contribution < -0.4 is 5.73 Å². The largest absolute Gasteiger partial charge is 0.416 e. The van der Waals surface area contributed by atoms with Crippen molar-refractivity contribution in [3.63, 3.8) is 0 Å². The lowest BCUT2D eigenvalue weighted by Crippen LogP contribution is -2.16. The van der Waals surface area contributed by atoms with Gasteiger partial charge in [0.15, 0.2) is 0 Å². The van der Waals surface area contributed by atoms with Gasteiger partial charge in [0, 0.05) is 6.04 Å². The van der Waals surface area contributed by atoms with E-state index in [1.165, 1.54) is 0 Å². The molecule has 20 heavy (non-hydrogen) atoms. The Balaban J connectivity index is 0.00000361. The molecule has 0 spiro atoms. The van der Waals surface area contributed by atoms with E-state index in [9.17, 15) is 26.3 Å². The van der Waals surface area contributed by atoms with E-state index in [0.29, 0.717) is 12.1 Å². The van der Waals surface area contributed by atoms with Crippen LogP contribution in [0.3, 0.4) is 0 Å². The molecule has 9 heteroatoms. The van der Waals surface area contributed by atoms with Crippen molar-refractivity contribution in [3.05, 3.63) is 34.9 Å². The molecule has 0 aromatic heterocycles. The van der Waals surface area contributed by atoms with Gasteiger partial charge in [-0.3, -0.25) is 0 Å². The summed E-state index contributed by atoms with van der Waals surface area (Å²) < 4.78 is 75.1. The standard InChI is InChI=1S/C11H8F6N2.ClH/c12-10(13,14)7-3-6(9(19)1-2-18)4-8(5-7)11(15,16)17;/h3-5,9H,1,19H2;1H/t9-;/m0./s1. The monoisotopic (exact) mass is 318 g/mol. The van der Waals surface area contributed by atoms with Crippen LogP contribution in [-0.2, 0) is 12.4 Å².